The Morgan fingerprint density at radius 2 is 2.00 bits per heavy atom. The number of carbonyl (C=O) groups is 2. The number of amides is 1. The van der Waals surface area contributed by atoms with Gasteiger partial charge in [-0.2, -0.15) is 0 Å². The molecule has 1 aliphatic rings. The maximum Gasteiger partial charge on any atom is 0.221 e. The molecule has 0 saturated heterocycles. The molecule has 3 rings (SSSR count). The lowest BCUT2D eigenvalue weighted by Gasteiger charge is -2.13. The average molecular weight is 312 g/mol. The van der Waals surface area contributed by atoms with Gasteiger partial charge in [0.15, 0.2) is 11.6 Å². The quantitative estimate of drug-likeness (QED) is 0.828. The molecule has 1 N–H and O–H groups in total. The molecule has 0 radical (unpaired) electrons. The Hall–Kier alpha value is -2.50. The first-order valence-corrected chi connectivity index (χ1v) is 7.94. The summed E-state index contributed by atoms with van der Waals surface area (Å²) in [5.41, 5.74) is 0.642. The predicted molar refractivity (Wildman–Crippen MR) is 84.9 cm³/mol. The van der Waals surface area contributed by atoms with Crippen molar-refractivity contribution in [3.63, 3.8) is 0 Å². The van der Waals surface area contributed by atoms with Crippen molar-refractivity contribution in [1.29, 1.82) is 0 Å². The number of benzene rings is 1. The Labute approximate surface area is 134 Å². The zero-order valence-electron chi connectivity index (χ0n) is 13.2. The Morgan fingerprint density at radius 3 is 2.78 bits per heavy atom. The second-order valence-corrected chi connectivity index (χ2v) is 5.81. The highest BCUT2D eigenvalue weighted by atomic mass is 16.2. The van der Waals surface area contributed by atoms with Crippen LogP contribution in [-0.4, -0.2) is 26.5 Å². The molecular formula is C17H20N4O2. The Kier molecular flexibility index (Phi) is 4.50. The number of nitrogens with one attached hydrogen (secondary N) is 1. The smallest absolute Gasteiger partial charge is 0.221 e. The van der Waals surface area contributed by atoms with Crippen LogP contribution in [0.3, 0.4) is 0 Å². The molecule has 1 atom stereocenters. The van der Waals surface area contributed by atoms with Crippen LogP contribution in [0.25, 0.3) is 0 Å². The van der Waals surface area contributed by atoms with Crippen LogP contribution in [0.4, 0.5) is 0 Å². The molecule has 2 heterocycles. The van der Waals surface area contributed by atoms with Crippen molar-refractivity contribution < 1.29 is 9.59 Å². The van der Waals surface area contributed by atoms with E-state index in [1.807, 2.05) is 25.1 Å². The van der Waals surface area contributed by atoms with Gasteiger partial charge in [0.25, 0.3) is 0 Å². The summed E-state index contributed by atoms with van der Waals surface area (Å²) in [5, 5.41) is 11.2. The zero-order valence-corrected chi connectivity index (χ0v) is 13.2. The second-order valence-electron chi connectivity index (χ2n) is 5.81. The Morgan fingerprint density at radius 1 is 1.22 bits per heavy atom. The highest BCUT2D eigenvalue weighted by molar-refractivity contribution is 5.97. The standard InChI is InChI=1S/C17H20N4O2/c1-12(17-20-19-15-8-5-11-21(15)17)18-16(23)10-9-14(22)13-6-3-2-4-7-13/h2-4,6-7,12H,5,8-11H2,1H3,(H,18,23)/t12-/m1/s1. The van der Waals surface area contributed by atoms with Crippen LogP contribution < -0.4 is 5.32 Å². The summed E-state index contributed by atoms with van der Waals surface area (Å²) in [6.45, 7) is 2.80. The van der Waals surface area contributed by atoms with Gasteiger partial charge in [-0.15, -0.1) is 10.2 Å². The maximum absolute atomic E-state index is 12.1. The summed E-state index contributed by atoms with van der Waals surface area (Å²) in [4.78, 5) is 24.1. The number of nitrogens with zero attached hydrogens (tertiary/aromatic N) is 3. The first kappa shape index (κ1) is 15.4. The lowest BCUT2D eigenvalue weighted by atomic mass is 10.1. The number of aryl methyl sites for hydroxylation is 1. The molecule has 0 aliphatic carbocycles. The SMILES string of the molecule is C[C@@H](NC(=O)CCC(=O)c1ccccc1)c1nnc2n1CCC2. The van der Waals surface area contributed by atoms with Crippen LogP contribution in [0.5, 0.6) is 0 Å². The number of hydrogen-bond acceptors (Lipinski definition) is 4. The van der Waals surface area contributed by atoms with Crippen molar-refractivity contribution in [1.82, 2.24) is 20.1 Å². The van der Waals surface area contributed by atoms with Crippen LogP contribution in [0, 0.1) is 0 Å². The number of ketones is 1. The highest BCUT2D eigenvalue weighted by Crippen LogP contribution is 2.19. The fourth-order valence-electron chi connectivity index (χ4n) is 2.87. The number of hydrogen-bond donors (Lipinski definition) is 1. The van der Waals surface area contributed by atoms with Gasteiger partial charge in [-0.05, 0) is 13.3 Å². The summed E-state index contributed by atoms with van der Waals surface area (Å²) in [5.74, 6) is 1.62. The first-order chi connectivity index (χ1) is 11.1. The van der Waals surface area contributed by atoms with Crippen LogP contribution in [0.1, 0.15) is 54.2 Å². The normalized spacial score (nSPS) is 14.3. The van der Waals surface area contributed by atoms with Gasteiger partial charge < -0.3 is 9.88 Å². The van der Waals surface area contributed by atoms with E-state index in [0.29, 0.717) is 5.56 Å². The number of Topliss-reactive ketones (excluding diaryl/α,β-unsaturated/α-hetero) is 1. The topological polar surface area (TPSA) is 76.9 Å². The summed E-state index contributed by atoms with van der Waals surface area (Å²) in [6, 6.07) is 8.84. The third-order valence-corrected chi connectivity index (χ3v) is 4.08. The molecule has 0 bridgehead atoms. The van der Waals surface area contributed by atoms with Gasteiger partial charge in [-0.1, -0.05) is 30.3 Å². The minimum absolute atomic E-state index is 0.0169. The zero-order chi connectivity index (χ0) is 16.2. The number of rotatable bonds is 6. The van der Waals surface area contributed by atoms with E-state index in [-0.39, 0.29) is 30.6 Å². The van der Waals surface area contributed by atoms with Crippen molar-refractivity contribution in [2.75, 3.05) is 0 Å². The second kappa shape index (κ2) is 6.73. The molecular weight excluding hydrogens is 292 g/mol. The van der Waals surface area contributed by atoms with Gasteiger partial charge >= 0.3 is 0 Å². The van der Waals surface area contributed by atoms with Gasteiger partial charge in [-0.3, -0.25) is 9.59 Å². The molecule has 2 aromatic rings. The minimum Gasteiger partial charge on any atom is -0.346 e. The lowest BCUT2D eigenvalue weighted by Crippen LogP contribution is -2.29. The van der Waals surface area contributed by atoms with E-state index in [1.54, 1.807) is 12.1 Å². The number of carbonyl (C=O) groups excluding carboxylic acids is 2. The van der Waals surface area contributed by atoms with Crippen molar-refractivity contribution >= 4 is 11.7 Å². The van der Waals surface area contributed by atoms with Gasteiger partial charge in [0, 0.05) is 31.4 Å². The summed E-state index contributed by atoms with van der Waals surface area (Å²) in [6.07, 6.45) is 2.41. The van der Waals surface area contributed by atoms with Crippen LogP contribution in [0.2, 0.25) is 0 Å². The van der Waals surface area contributed by atoms with Crippen LogP contribution >= 0.6 is 0 Å². The molecule has 0 spiro atoms. The van der Waals surface area contributed by atoms with Gasteiger partial charge in [-0.25, -0.2) is 0 Å². The third-order valence-electron chi connectivity index (χ3n) is 4.08. The van der Waals surface area contributed by atoms with E-state index in [1.165, 1.54) is 0 Å². The average Bonchev–Trinajstić information content (AvgIpc) is 3.16. The minimum atomic E-state index is -0.200. The summed E-state index contributed by atoms with van der Waals surface area (Å²) >= 11 is 0. The molecule has 6 heteroatoms. The van der Waals surface area contributed by atoms with Crippen molar-refractivity contribution in [3.05, 3.63) is 47.5 Å². The van der Waals surface area contributed by atoms with Crippen LogP contribution in [0.15, 0.2) is 30.3 Å². The monoisotopic (exact) mass is 312 g/mol. The first-order valence-electron chi connectivity index (χ1n) is 7.94. The number of fused-ring (bicyclic) bond motifs is 1. The predicted octanol–water partition coefficient (Wildman–Crippen LogP) is 2.06. The molecule has 0 unspecified atom stereocenters. The molecule has 1 amide bonds. The fourth-order valence-corrected chi connectivity index (χ4v) is 2.87. The fraction of sp³-hybridized carbons (Fsp3) is 0.412. The van der Waals surface area contributed by atoms with Crippen LogP contribution in [-0.2, 0) is 17.8 Å². The van der Waals surface area contributed by atoms with Gasteiger partial charge in [0.1, 0.15) is 5.82 Å². The number of aromatic nitrogens is 3. The Balaban J connectivity index is 1.52. The van der Waals surface area contributed by atoms with Crippen molar-refractivity contribution in [2.24, 2.45) is 0 Å². The summed E-state index contributed by atoms with van der Waals surface area (Å²) in [7, 11) is 0. The molecule has 1 aromatic heterocycles. The van der Waals surface area contributed by atoms with Crippen molar-refractivity contribution in [3.8, 4) is 0 Å². The van der Waals surface area contributed by atoms with E-state index in [4.69, 9.17) is 0 Å². The molecule has 1 aliphatic heterocycles. The van der Waals surface area contributed by atoms with Gasteiger partial charge in [0.05, 0.1) is 6.04 Å². The summed E-state index contributed by atoms with van der Waals surface area (Å²) < 4.78 is 2.07. The molecule has 0 saturated carbocycles. The highest BCUT2D eigenvalue weighted by Gasteiger charge is 2.22. The molecule has 23 heavy (non-hydrogen) atoms. The largest absolute Gasteiger partial charge is 0.346 e. The lowest BCUT2D eigenvalue weighted by molar-refractivity contribution is -0.121. The third kappa shape index (κ3) is 3.47. The molecule has 6 nitrogen and oxygen atoms in total. The molecule has 0 fully saturated rings. The van der Waals surface area contributed by atoms with E-state index >= 15 is 0 Å². The van der Waals surface area contributed by atoms with Gasteiger partial charge in [0.2, 0.25) is 5.91 Å². The van der Waals surface area contributed by atoms with Crippen molar-refractivity contribution in [2.45, 2.75) is 45.2 Å². The van der Waals surface area contributed by atoms with E-state index < -0.39 is 0 Å². The molecule has 120 valence electrons. The maximum atomic E-state index is 12.1. The van der Waals surface area contributed by atoms with E-state index in [2.05, 4.69) is 20.1 Å². The van der Waals surface area contributed by atoms with E-state index in [0.717, 1.165) is 31.0 Å². The van der Waals surface area contributed by atoms with E-state index in [9.17, 15) is 9.59 Å². The molecule has 1 aromatic carbocycles. The Bertz CT molecular complexity index is 709.